The molecule has 2 aliphatic rings. The summed E-state index contributed by atoms with van der Waals surface area (Å²) in [7, 11) is 0. The summed E-state index contributed by atoms with van der Waals surface area (Å²) in [6.07, 6.45) is 8.01. The third-order valence-corrected chi connectivity index (χ3v) is 6.43. The van der Waals surface area contributed by atoms with Crippen molar-refractivity contribution in [2.24, 2.45) is 16.6 Å². The van der Waals surface area contributed by atoms with Gasteiger partial charge in [-0.05, 0) is 62.8 Å². The molecular formula is C25H30N6O2. The van der Waals surface area contributed by atoms with Crippen molar-refractivity contribution in [3.8, 4) is 0 Å². The van der Waals surface area contributed by atoms with Crippen LogP contribution >= 0.6 is 0 Å². The number of amides is 1. The molecule has 4 N–H and O–H groups in total. The van der Waals surface area contributed by atoms with E-state index in [0.29, 0.717) is 29.9 Å². The molecule has 0 unspecified atom stereocenters. The van der Waals surface area contributed by atoms with Gasteiger partial charge in [0.15, 0.2) is 11.6 Å². The lowest BCUT2D eigenvalue weighted by Gasteiger charge is -2.30. The topological polar surface area (TPSA) is 118 Å². The molecule has 0 radical (unpaired) electrons. The van der Waals surface area contributed by atoms with Gasteiger partial charge >= 0.3 is 0 Å². The third kappa shape index (κ3) is 4.99. The van der Waals surface area contributed by atoms with Gasteiger partial charge in [-0.15, -0.1) is 0 Å². The van der Waals surface area contributed by atoms with Crippen LogP contribution in [0.5, 0.6) is 0 Å². The second-order valence-corrected chi connectivity index (χ2v) is 9.16. The second kappa shape index (κ2) is 9.21. The standard InChI is InChI=1S/C25H30N6O2/c1-15-8-11-18-17(13-15)23(31-24(29-18)25(32)27-14-16-9-10-16)30-20-6-3-2-5-19(20)28-22(26)21-7-4-12-33-21/h4,7-8,11-13,16,19-20H,2-3,5-6,9-10,14H2,1H3,(H2,26,28)(H,27,32)(H,29,30,31)/t19-,20+/m1/s1. The van der Waals surface area contributed by atoms with Gasteiger partial charge in [0, 0.05) is 18.0 Å². The van der Waals surface area contributed by atoms with E-state index < -0.39 is 0 Å². The van der Waals surface area contributed by atoms with E-state index in [1.165, 1.54) is 12.8 Å². The Bertz CT molecular complexity index is 1170. The molecule has 2 atom stereocenters. The summed E-state index contributed by atoms with van der Waals surface area (Å²) >= 11 is 0. The van der Waals surface area contributed by atoms with Crippen molar-refractivity contribution in [3.63, 3.8) is 0 Å². The molecular weight excluding hydrogens is 416 g/mol. The molecule has 0 bridgehead atoms. The van der Waals surface area contributed by atoms with Crippen molar-refractivity contribution in [1.29, 1.82) is 0 Å². The highest BCUT2D eigenvalue weighted by Gasteiger charge is 2.27. The van der Waals surface area contributed by atoms with Crippen LogP contribution in [-0.2, 0) is 0 Å². The fraction of sp³-hybridized carbons (Fsp3) is 0.440. The number of benzene rings is 1. The molecule has 2 aliphatic carbocycles. The number of anilines is 1. The van der Waals surface area contributed by atoms with Crippen LogP contribution in [0, 0.1) is 12.8 Å². The van der Waals surface area contributed by atoms with Crippen LogP contribution in [0.3, 0.4) is 0 Å². The lowest BCUT2D eigenvalue weighted by Crippen LogP contribution is -2.37. The maximum absolute atomic E-state index is 12.8. The van der Waals surface area contributed by atoms with Gasteiger partial charge in [0.1, 0.15) is 5.82 Å². The van der Waals surface area contributed by atoms with Crippen molar-refractivity contribution >= 4 is 28.5 Å². The number of nitrogens with zero attached hydrogens (tertiary/aromatic N) is 3. The number of amidine groups is 1. The number of nitrogens with two attached hydrogens (primary N) is 1. The first-order chi connectivity index (χ1) is 16.1. The second-order valence-electron chi connectivity index (χ2n) is 9.16. The number of hydrogen-bond donors (Lipinski definition) is 3. The lowest BCUT2D eigenvalue weighted by molar-refractivity contribution is 0.0942. The zero-order valence-electron chi connectivity index (χ0n) is 18.9. The zero-order valence-corrected chi connectivity index (χ0v) is 18.9. The van der Waals surface area contributed by atoms with Crippen molar-refractivity contribution in [2.45, 2.75) is 57.5 Å². The summed E-state index contributed by atoms with van der Waals surface area (Å²) in [5.74, 6) is 2.21. The normalized spacial score (nSPS) is 21.2. The number of furan rings is 1. The Kier molecular flexibility index (Phi) is 5.98. The van der Waals surface area contributed by atoms with Gasteiger partial charge < -0.3 is 20.8 Å². The summed E-state index contributed by atoms with van der Waals surface area (Å²) in [5.41, 5.74) is 8.07. The predicted molar refractivity (Wildman–Crippen MR) is 128 cm³/mol. The number of carbonyl (C=O) groups excluding carboxylic acids is 1. The Hall–Kier alpha value is -3.42. The predicted octanol–water partition coefficient (Wildman–Crippen LogP) is 3.80. The number of fused-ring (bicyclic) bond motifs is 1. The smallest absolute Gasteiger partial charge is 0.289 e. The first-order valence-electron chi connectivity index (χ1n) is 11.8. The van der Waals surface area contributed by atoms with Crippen LogP contribution < -0.4 is 16.4 Å². The van der Waals surface area contributed by atoms with Crippen molar-refractivity contribution in [1.82, 2.24) is 15.3 Å². The fourth-order valence-corrected chi connectivity index (χ4v) is 4.37. The molecule has 3 aromatic rings. The molecule has 2 aromatic heterocycles. The van der Waals surface area contributed by atoms with Gasteiger partial charge in [-0.2, -0.15) is 0 Å². The number of rotatable bonds is 7. The molecule has 2 saturated carbocycles. The molecule has 0 spiro atoms. The Morgan fingerprint density at radius 3 is 2.82 bits per heavy atom. The Balaban J connectivity index is 1.44. The molecule has 172 valence electrons. The van der Waals surface area contributed by atoms with Crippen LogP contribution in [0.15, 0.2) is 46.0 Å². The molecule has 33 heavy (non-hydrogen) atoms. The van der Waals surface area contributed by atoms with Crippen molar-refractivity contribution < 1.29 is 9.21 Å². The minimum atomic E-state index is -0.229. The summed E-state index contributed by atoms with van der Waals surface area (Å²) in [5, 5.41) is 7.48. The molecule has 2 fully saturated rings. The van der Waals surface area contributed by atoms with Crippen LogP contribution in [0.25, 0.3) is 10.9 Å². The number of aromatic nitrogens is 2. The van der Waals surface area contributed by atoms with Gasteiger partial charge in [-0.25, -0.2) is 9.97 Å². The average Bonchev–Trinajstić information content (AvgIpc) is 3.48. The van der Waals surface area contributed by atoms with Crippen molar-refractivity contribution in [3.05, 3.63) is 53.7 Å². The monoisotopic (exact) mass is 446 g/mol. The van der Waals surface area contributed by atoms with Gasteiger partial charge in [-0.1, -0.05) is 24.5 Å². The minimum absolute atomic E-state index is 0.00850. The SMILES string of the molecule is Cc1ccc2nc(C(=O)NCC3CC3)nc(N[C@H]3CCCC[C@H]3N=C(N)c3ccco3)c2c1. The molecule has 2 heterocycles. The first kappa shape index (κ1) is 21.4. The summed E-state index contributed by atoms with van der Waals surface area (Å²) < 4.78 is 5.41. The van der Waals surface area contributed by atoms with E-state index in [4.69, 9.17) is 15.1 Å². The van der Waals surface area contributed by atoms with Gasteiger partial charge in [0.2, 0.25) is 5.82 Å². The number of aliphatic imine (C=N–C) groups is 1. The molecule has 1 amide bonds. The van der Waals surface area contributed by atoms with Crippen molar-refractivity contribution in [2.75, 3.05) is 11.9 Å². The van der Waals surface area contributed by atoms with Crippen LogP contribution in [0.4, 0.5) is 5.82 Å². The highest BCUT2D eigenvalue weighted by Crippen LogP contribution is 2.29. The number of carbonyl (C=O) groups is 1. The largest absolute Gasteiger partial charge is 0.461 e. The molecule has 8 heteroatoms. The Morgan fingerprint density at radius 1 is 1.18 bits per heavy atom. The zero-order chi connectivity index (χ0) is 22.8. The van der Waals surface area contributed by atoms with Crippen LogP contribution in [-0.4, -0.2) is 40.3 Å². The maximum atomic E-state index is 12.8. The Labute approximate surface area is 193 Å². The Morgan fingerprint density at radius 2 is 2.03 bits per heavy atom. The molecule has 0 aliphatic heterocycles. The highest BCUT2D eigenvalue weighted by molar-refractivity contribution is 5.97. The van der Waals surface area contributed by atoms with E-state index in [1.807, 2.05) is 25.1 Å². The van der Waals surface area contributed by atoms with E-state index >= 15 is 0 Å². The fourth-order valence-electron chi connectivity index (χ4n) is 4.37. The van der Waals surface area contributed by atoms with Gasteiger partial charge in [0.25, 0.3) is 5.91 Å². The quantitative estimate of drug-likeness (QED) is 0.375. The number of hydrogen-bond acceptors (Lipinski definition) is 6. The average molecular weight is 447 g/mol. The maximum Gasteiger partial charge on any atom is 0.289 e. The molecule has 1 aromatic carbocycles. The minimum Gasteiger partial charge on any atom is -0.461 e. The molecule has 0 saturated heterocycles. The van der Waals surface area contributed by atoms with E-state index in [-0.39, 0.29) is 23.8 Å². The van der Waals surface area contributed by atoms with E-state index in [2.05, 4.69) is 26.7 Å². The first-order valence-corrected chi connectivity index (χ1v) is 11.8. The lowest BCUT2D eigenvalue weighted by atomic mass is 9.90. The van der Waals surface area contributed by atoms with Crippen LogP contribution in [0.1, 0.15) is 60.5 Å². The third-order valence-electron chi connectivity index (χ3n) is 6.43. The van der Waals surface area contributed by atoms with E-state index in [9.17, 15) is 4.79 Å². The van der Waals surface area contributed by atoms with Gasteiger partial charge in [-0.3, -0.25) is 9.79 Å². The number of nitrogens with one attached hydrogen (secondary N) is 2. The molecule has 5 rings (SSSR count). The summed E-state index contributed by atoms with van der Waals surface area (Å²) in [6, 6.07) is 9.67. The summed E-state index contributed by atoms with van der Waals surface area (Å²) in [6.45, 7) is 2.72. The van der Waals surface area contributed by atoms with E-state index in [0.717, 1.165) is 42.1 Å². The van der Waals surface area contributed by atoms with E-state index in [1.54, 1.807) is 12.3 Å². The van der Waals surface area contributed by atoms with Crippen LogP contribution in [0.2, 0.25) is 0 Å². The highest BCUT2D eigenvalue weighted by atomic mass is 16.3. The summed E-state index contributed by atoms with van der Waals surface area (Å²) in [4.78, 5) is 26.8. The molecule has 8 nitrogen and oxygen atoms in total. The van der Waals surface area contributed by atoms with Gasteiger partial charge in [0.05, 0.1) is 17.8 Å². The number of aryl methyl sites for hydroxylation is 1.